The molecule has 0 unspecified atom stereocenters. The summed E-state index contributed by atoms with van der Waals surface area (Å²) in [7, 11) is 0. The van der Waals surface area contributed by atoms with Gasteiger partial charge in [0, 0.05) is 0 Å². The zero-order valence-electron chi connectivity index (χ0n) is 15.6. The van der Waals surface area contributed by atoms with Crippen molar-refractivity contribution in [1.29, 1.82) is 0 Å². The third-order valence-electron chi connectivity index (χ3n) is 2.67. The molecule has 12 heteroatoms. The number of rotatable bonds is 11. The maximum absolute atomic E-state index is 10.6. The molecule has 0 saturated heterocycles. The molecule has 0 aliphatic heterocycles. The largest absolute Gasteiger partial charge is 0.478 e. The van der Waals surface area contributed by atoms with Gasteiger partial charge in [-0.25, -0.2) is 14.4 Å². The fourth-order valence-corrected chi connectivity index (χ4v) is 1.50. The summed E-state index contributed by atoms with van der Waals surface area (Å²) in [4.78, 5) is 31.8. The Balaban J connectivity index is 0. The molecule has 0 atom stereocenters. The molecule has 7 N–H and O–H groups in total. The minimum absolute atomic E-state index is 0.0278. The van der Waals surface area contributed by atoms with Crippen molar-refractivity contribution in [2.75, 3.05) is 52.9 Å². The maximum Gasteiger partial charge on any atom is 0.336 e. The lowest BCUT2D eigenvalue weighted by Crippen LogP contribution is -2.10. The lowest BCUT2D eigenvalue weighted by Gasteiger charge is -2.02. The molecule has 0 heterocycles. The van der Waals surface area contributed by atoms with Crippen molar-refractivity contribution in [1.82, 2.24) is 0 Å². The molecular formula is C17H26O12. The molecule has 0 bridgehead atoms. The van der Waals surface area contributed by atoms with E-state index in [-0.39, 0.29) is 32.0 Å². The van der Waals surface area contributed by atoms with Crippen LogP contribution in [0.2, 0.25) is 0 Å². The van der Waals surface area contributed by atoms with Crippen molar-refractivity contribution in [3.8, 4) is 0 Å². The first kappa shape index (κ1) is 28.6. The molecule has 0 fully saturated rings. The van der Waals surface area contributed by atoms with E-state index in [1.807, 2.05) is 0 Å². The van der Waals surface area contributed by atoms with Gasteiger partial charge >= 0.3 is 17.9 Å². The first-order valence-electron chi connectivity index (χ1n) is 8.19. The van der Waals surface area contributed by atoms with Gasteiger partial charge in [-0.3, -0.25) is 0 Å². The number of aliphatic hydroxyl groups excluding tert-OH is 4. The average molecular weight is 422 g/mol. The van der Waals surface area contributed by atoms with E-state index in [1.54, 1.807) is 0 Å². The normalized spacial score (nSPS) is 9.52. The zero-order valence-corrected chi connectivity index (χ0v) is 15.6. The molecule has 0 spiro atoms. The minimum atomic E-state index is -1.48. The molecular weight excluding hydrogens is 396 g/mol. The summed E-state index contributed by atoms with van der Waals surface area (Å²) >= 11 is 0. The van der Waals surface area contributed by atoms with Gasteiger partial charge in [-0.05, 0) is 18.2 Å². The van der Waals surface area contributed by atoms with Gasteiger partial charge in [0.15, 0.2) is 0 Å². The van der Waals surface area contributed by atoms with E-state index in [1.165, 1.54) is 0 Å². The summed E-state index contributed by atoms with van der Waals surface area (Å²) in [6, 6.07) is 2.81. The van der Waals surface area contributed by atoms with Crippen LogP contribution in [0.3, 0.4) is 0 Å². The van der Waals surface area contributed by atoms with Crippen molar-refractivity contribution in [3.63, 3.8) is 0 Å². The first-order chi connectivity index (χ1) is 13.8. The summed E-state index contributed by atoms with van der Waals surface area (Å²) in [5, 5.41) is 58.2. The van der Waals surface area contributed by atoms with E-state index in [0.29, 0.717) is 26.4 Å². The Kier molecular flexibility index (Phi) is 18.5. The standard InChI is InChI=1S/C9H6O6.2C4H10O3/c10-7(11)4-1-2-5(8(12)13)6(3-4)9(14)15;2*5-1-3-7-4-2-6/h1-3H,(H,10,11)(H,12,13)(H,14,15);2*5-6H,1-4H2. The fraction of sp³-hybridized carbons (Fsp3) is 0.471. The topological polar surface area (TPSA) is 211 Å². The molecule has 0 aromatic heterocycles. The predicted octanol–water partition coefficient (Wildman–Crippen LogP) is -1.24. The molecule has 1 aromatic rings. The molecule has 166 valence electrons. The zero-order chi connectivity index (χ0) is 22.7. The molecule has 0 radical (unpaired) electrons. The van der Waals surface area contributed by atoms with Crippen LogP contribution in [-0.2, 0) is 9.47 Å². The Morgan fingerprint density at radius 1 is 0.621 bits per heavy atom. The molecule has 29 heavy (non-hydrogen) atoms. The minimum Gasteiger partial charge on any atom is -0.478 e. The second kappa shape index (κ2) is 18.7. The van der Waals surface area contributed by atoms with Gasteiger partial charge in [-0.15, -0.1) is 0 Å². The van der Waals surface area contributed by atoms with E-state index in [2.05, 4.69) is 9.47 Å². The number of aromatic carboxylic acids is 3. The number of hydrogen-bond donors (Lipinski definition) is 7. The van der Waals surface area contributed by atoms with Gasteiger partial charge in [0.2, 0.25) is 0 Å². The van der Waals surface area contributed by atoms with Crippen molar-refractivity contribution in [2.45, 2.75) is 0 Å². The fourth-order valence-electron chi connectivity index (χ4n) is 1.50. The molecule has 12 nitrogen and oxygen atoms in total. The third-order valence-corrected chi connectivity index (χ3v) is 2.67. The van der Waals surface area contributed by atoms with Crippen molar-refractivity contribution in [2.24, 2.45) is 0 Å². The van der Waals surface area contributed by atoms with Crippen LogP contribution < -0.4 is 0 Å². The Labute approximate surface area is 166 Å². The van der Waals surface area contributed by atoms with E-state index >= 15 is 0 Å². The molecule has 0 saturated carbocycles. The quantitative estimate of drug-likeness (QED) is 0.209. The first-order valence-corrected chi connectivity index (χ1v) is 8.19. The number of benzene rings is 1. The summed E-state index contributed by atoms with van der Waals surface area (Å²) in [6.07, 6.45) is 0. The van der Waals surface area contributed by atoms with Crippen LogP contribution in [-0.4, -0.2) is 107 Å². The monoisotopic (exact) mass is 422 g/mol. The molecule has 0 amide bonds. The lowest BCUT2D eigenvalue weighted by atomic mass is 10.0. The van der Waals surface area contributed by atoms with Crippen molar-refractivity contribution < 1.29 is 59.6 Å². The van der Waals surface area contributed by atoms with Crippen LogP contribution in [0.4, 0.5) is 0 Å². The highest BCUT2D eigenvalue weighted by atomic mass is 16.5. The van der Waals surface area contributed by atoms with Gasteiger partial charge in [0.1, 0.15) is 0 Å². The highest BCUT2D eigenvalue weighted by molar-refractivity contribution is 6.03. The molecule has 1 rings (SSSR count). The Hall–Kier alpha value is -2.61. The summed E-state index contributed by atoms with van der Waals surface area (Å²) in [5.41, 5.74) is -1.24. The summed E-state index contributed by atoms with van der Waals surface area (Å²) < 4.78 is 9.26. The van der Waals surface area contributed by atoms with E-state index in [9.17, 15) is 14.4 Å². The number of aliphatic hydroxyl groups is 4. The number of carbonyl (C=O) groups is 3. The number of carboxylic acid groups (broad SMARTS) is 3. The SMILES string of the molecule is O=C(O)c1ccc(C(=O)O)c(C(=O)O)c1.OCCOCCO.OCCOCCO. The van der Waals surface area contributed by atoms with Gasteiger partial charge in [0.05, 0.1) is 69.5 Å². The number of carboxylic acids is 3. The summed E-state index contributed by atoms with van der Waals surface area (Å²) in [6.45, 7) is 1.39. The molecule has 0 aliphatic carbocycles. The number of hydrogen-bond acceptors (Lipinski definition) is 9. The summed E-state index contributed by atoms with van der Waals surface area (Å²) in [5.74, 6) is -4.20. The van der Waals surface area contributed by atoms with Gasteiger partial charge in [-0.2, -0.15) is 0 Å². The van der Waals surface area contributed by atoms with Crippen LogP contribution in [0.15, 0.2) is 18.2 Å². The van der Waals surface area contributed by atoms with Crippen LogP contribution >= 0.6 is 0 Å². The van der Waals surface area contributed by atoms with Gasteiger partial charge < -0.3 is 45.2 Å². The Morgan fingerprint density at radius 2 is 1.00 bits per heavy atom. The van der Waals surface area contributed by atoms with E-state index in [0.717, 1.165) is 18.2 Å². The van der Waals surface area contributed by atoms with Crippen molar-refractivity contribution in [3.05, 3.63) is 34.9 Å². The van der Waals surface area contributed by atoms with E-state index in [4.69, 9.17) is 35.7 Å². The third kappa shape index (κ3) is 15.0. The van der Waals surface area contributed by atoms with Crippen LogP contribution in [0.1, 0.15) is 31.1 Å². The maximum atomic E-state index is 10.6. The van der Waals surface area contributed by atoms with Crippen molar-refractivity contribution >= 4 is 17.9 Å². The second-order valence-electron chi connectivity index (χ2n) is 4.79. The second-order valence-corrected chi connectivity index (χ2v) is 4.79. The highest BCUT2D eigenvalue weighted by Crippen LogP contribution is 2.12. The highest BCUT2D eigenvalue weighted by Gasteiger charge is 2.17. The van der Waals surface area contributed by atoms with Gasteiger partial charge in [0.25, 0.3) is 0 Å². The van der Waals surface area contributed by atoms with E-state index < -0.39 is 29.0 Å². The Bertz CT molecular complexity index is 584. The average Bonchev–Trinajstić information content (AvgIpc) is 2.69. The van der Waals surface area contributed by atoms with Crippen LogP contribution in [0, 0.1) is 0 Å². The molecule has 1 aromatic carbocycles. The smallest absolute Gasteiger partial charge is 0.336 e. The van der Waals surface area contributed by atoms with Gasteiger partial charge in [-0.1, -0.05) is 0 Å². The van der Waals surface area contributed by atoms with Crippen LogP contribution in [0.25, 0.3) is 0 Å². The number of ether oxygens (including phenoxy) is 2. The molecule has 0 aliphatic rings. The predicted molar refractivity (Wildman–Crippen MR) is 97.3 cm³/mol. The van der Waals surface area contributed by atoms with Crippen LogP contribution in [0.5, 0.6) is 0 Å². The Morgan fingerprint density at radius 3 is 1.28 bits per heavy atom. The lowest BCUT2D eigenvalue weighted by molar-refractivity contribution is 0.0649.